The maximum Gasteiger partial charge on any atom is 0.123 e. The van der Waals surface area contributed by atoms with Gasteiger partial charge in [-0.1, -0.05) is 24.3 Å². The summed E-state index contributed by atoms with van der Waals surface area (Å²) in [4.78, 5) is 0. The molecule has 3 nitrogen and oxygen atoms in total. The number of allylic oxidation sites excluding steroid dienone is 1. The van der Waals surface area contributed by atoms with Crippen LogP contribution in [-0.2, 0) is 13.0 Å². The molecule has 0 bridgehead atoms. The number of para-hydroxylation sites is 1. The van der Waals surface area contributed by atoms with E-state index in [0.717, 1.165) is 31.0 Å². The molecule has 3 heteroatoms. The zero-order valence-electron chi connectivity index (χ0n) is 11.8. The second-order valence-corrected chi connectivity index (χ2v) is 4.74. The molecule has 0 saturated heterocycles. The lowest BCUT2D eigenvalue weighted by Crippen LogP contribution is -2.28. The highest BCUT2D eigenvalue weighted by molar-refractivity contribution is 5.34. The van der Waals surface area contributed by atoms with E-state index in [0.29, 0.717) is 0 Å². The Morgan fingerprint density at radius 2 is 2.15 bits per heavy atom. The number of hydrogen-bond acceptors (Lipinski definition) is 3. The number of hydrogen-bond donors (Lipinski definition) is 1. The lowest BCUT2D eigenvalue weighted by atomic mass is 10.1. The van der Waals surface area contributed by atoms with Crippen LogP contribution in [0.25, 0.3) is 0 Å². The Morgan fingerprint density at radius 1 is 1.30 bits per heavy atom. The second kappa shape index (κ2) is 7.56. The Bertz CT molecular complexity index is 520. The van der Waals surface area contributed by atoms with Crippen LogP contribution in [0.15, 0.2) is 59.7 Å². The van der Waals surface area contributed by atoms with Gasteiger partial charge in [0.1, 0.15) is 17.6 Å². The summed E-state index contributed by atoms with van der Waals surface area (Å²) >= 11 is 0. The zero-order chi connectivity index (χ0) is 14.2. The lowest BCUT2D eigenvalue weighted by Gasteiger charge is -2.17. The Kier molecular flexibility index (Phi) is 5.44. The summed E-state index contributed by atoms with van der Waals surface area (Å²) in [6.45, 7) is 7.32. The van der Waals surface area contributed by atoms with Crippen LogP contribution in [0.2, 0.25) is 0 Å². The van der Waals surface area contributed by atoms with E-state index in [4.69, 9.17) is 9.15 Å². The fourth-order valence-corrected chi connectivity index (χ4v) is 2.01. The Morgan fingerprint density at radius 3 is 2.90 bits per heavy atom. The SMILES string of the molecule is C=CCc1ccccc1OC(C)CNCc1ccco1. The minimum absolute atomic E-state index is 0.0935. The van der Waals surface area contributed by atoms with Crippen LogP contribution in [0.5, 0.6) is 5.75 Å². The van der Waals surface area contributed by atoms with Gasteiger partial charge in [0.25, 0.3) is 0 Å². The number of ether oxygens (including phenoxy) is 1. The summed E-state index contributed by atoms with van der Waals surface area (Å²) in [6, 6.07) is 11.9. The van der Waals surface area contributed by atoms with Crippen LogP contribution in [-0.4, -0.2) is 12.6 Å². The molecule has 0 fully saturated rings. The highest BCUT2D eigenvalue weighted by Gasteiger charge is 2.07. The standard InChI is InChI=1S/C17H21NO2/c1-3-7-15-8-4-5-10-17(15)20-14(2)12-18-13-16-9-6-11-19-16/h3-6,8-11,14,18H,1,7,12-13H2,2H3. The molecule has 0 aliphatic carbocycles. The topological polar surface area (TPSA) is 34.4 Å². The molecular formula is C17H21NO2. The molecule has 1 aromatic carbocycles. The van der Waals surface area contributed by atoms with E-state index in [9.17, 15) is 0 Å². The molecule has 2 aromatic rings. The van der Waals surface area contributed by atoms with Gasteiger partial charge in [-0.25, -0.2) is 0 Å². The van der Waals surface area contributed by atoms with Crippen molar-refractivity contribution in [2.75, 3.05) is 6.54 Å². The van der Waals surface area contributed by atoms with Crippen molar-refractivity contribution in [2.45, 2.75) is 26.0 Å². The fourth-order valence-electron chi connectivity index (χ4n) is 2.01. The van der Waals surface area contributed by atoms with E-state index in [1.54, 1.807) is 6.26 Å². The molecule has 20 heavy (non-hydrogen) atoms. The molecule has 0 saturated carbocycles. The summed E-state index contributed by atoms with van der Waals surface area (Å²) in [6.07, 6.45) is 4.49. The minimum atomic E-state index is 0.0935. The molecule has 1 aromatic heterocycles. The molecular weight excluding hydrogens is 250 g/mol. The Balaban J connectivity index is 1.81. The highest BCUT2D eigenvalue weighted by Crippen LogP contribution is 2.20. The predicted octanol–water partition coefficient (Wildman–Crippen LogP) is 3.57. The third kappa shape index (κ3) is 4.28. The van der Waals surface area contributed by atoms with E-state index in [1.165, 1.54) is 5.56 Å². The van der Waals surface area contributed by atoms with Gasteiger partial charge in [0, 0.05) is 6.54 Å². The van der Waals surface area contributed by atoms with Crippen LogP contribution < -0.4 is 10.1 Å². The first-order valence-electron chi connectivity index (χ1n) is 6.88. The molecule has 106 valence electrons. The van der Waals surface area contributed by atoms with Crippen molar-refractivity contribution in [3.05, 3.63) is 66.6 Å². The zero-order valence-corrected chi connectivity index (χ0v) is 11.8. The van der Waals surface area contributed by atoms with Crippen LogP contribution in [0.1, 0.15) is 18.2 Å². The summed E-state index contributed by atoms with van der Waals surface area (Å²) in [7, 11) is 0. The fraction of sp³-hybridized carbons (Fsp3) is 0.294. The predicted molar refractivity (Wildman–Crippen MR) is 80.8 cm³/mol. The number of furan rings is 1. The van der Waals surface area contributed by atoms with Crippen LogP contribution >= 0.6 is 0 Å². The minimum Gasteiger partial charge on any atom is -0.489 e. The van der Waals surface area contributed by atoms with E-state index in [1.807, 2.05) is 36.4 Å². The van der Waals surface area contributed by atoms with Crippen LogP contribution in [0.3, 0.4) is 0 Å². The summed E-state index contributed by atoms with van der Waals surface area (Å²) in [5.74, 6) is 1.86. The van der Waals surface area contributed by atoms with Crippen LogP contribution in [0, 0.1) is 0 Å². The van der Waals surface area contributed by atoms with Crippen molar-refractivity contribution in [2.24, 2.45) is 0 Å². The average Bonchev–Trinajstić information content (AvgIpc) is 2.94. The van der Waals surface area contributed by atoms with Crippen LogP contribution in [0.4, 0.5) is 0 Å². The number of nitrogens with one attached hydrogen (secondary N) is 1. The van der Waals surface area contributed by atoms with Crippen molar-refractivity contribution in [1.82, 2.24) is 5.32 Å². The van der Waals surface area contributed by atoms with Crippen molar-refractivity contribution in [1.29, 1.82) is 0 Å². The molecule has 1 atom stereocenters. The molecule has 1 heterocycles. The van der Waals surface area contributed by atoms with Gasteiger partial charge >= 0.3 is 0 Å². The van der Waals surface area contributed by atoms with E-state index in [2.05, 4.69) is 24.9 Å². The maximum atomic E-state index is 5.98. The molecule has 1 N–H and O–H groups in total. The first kappa shape index (κ1) is 14.4. The second-order valence-electron chi connectivity index (χ2n) is 4.74. The normalized spacial score (nSPS) is 12.1. The molecule has 0 aliphatic rings. The van der Waals surface area contributed by atoms with Gasteiger partial charge in [0.15, 0.2) is 0 Å². The first-order chi connectivity index (χ1) is 9.79. The van der Waals surface area contributed by atoms with Gasteiger partial charge in [-0.2, -0.15) is 0 Å². The molecule has 2 rings (SSSR count). The molecule has 0 aliphatic heterocycles. The molecule has 1 unspecified atom stereocenters. The van der Waals surface area contributed by atoms with Gasteiger partial charge in [-0.3, -0.25) is 0 Å². The van der Waals surface area contributed by atoms with Gasteiger partial charge in [-0.15, -0.1) is 6.58 Å². The average molecular weight is 271 g/mol. The van der Waals surface area contributed by atoms with E-state index >= 15 is 0 Å². The van der Waals surface area contributed by atoms with E-state index in [-0.39, 0.29) is 6.10 Å². The largest absolute Gasteiger partial charge is 0.489 e. The smallest absolute Gasteiger partial charge is 0.123 e. The third-order valence-corrected chi connectivity index (χ3v) is 2.98. The monoisotopic (exact) mass is 271 g/mol. The molecule has 0 radical (unpaired) electrons. The highest BCUT2D eigenvalue weighted by atomic mass is 16.5. The van der Waals surface area contributed by atoms with Gasteiger partial charge < -0.3 is 14.5 Å². The lowest BCUT2D eigenvalue weighted by molar-refractivity contribution is 0.214. The van der Waals surface area contributed by atoms with Gasteiger partial charge in [-0.05, 0) is 37.1 Å². The quantitative estimate of drug-likeness (QED) is 0.745. The Labute approximate surface area is 120 Å². The van der Waals surface area contributed by atoms with Gasteiger partial charge in [0.05, 0.1) is 12.8 Å². The van der Waals surface area contributed by atoms with Gasteiger partial charge in [0.2, 0.25) is 0 Å². The van der Waals surface area contributed by atoms with Crippen molar-refractivity contribution < 1.29 is 9.15 Å². The first-order valence-corrected chi connectivity index (χ1v) is 6.88. The summed E-state index contributed by atoms with van der Waals surface area (Å²) in [5, 5.41) is 3.32. The summed E-state index contributed by atoms with van der Waals surface area (Å²) in [5.41, 5.74) is 1.17. The number of rotatable bonds is 8. The van der Waals surface area contributed by atoms with Crippen molar-refractivity contribution >= 4 is 0 Å². The molecule has 0 amide bonds. The van der Waals surface area contributed by atoms with Crippen molar-refractivity contribution in [3.63, 3.8) is 0 Å². The maximum absolute atomic E-state index is 5.98. The van der Waals surface area contributed by atoms with E-state index < -0.39 is 0 Å². The Hall–Kier alpha value is -2.00. The van der Waals surface area contributed by atoms with Crippen molar-refractivity contribution in [3.8, 4) is 5.75 Å². The molecule has 0 spiro atoms. The number of benzene rings is 1. The third-order valence-electron chi connectivity index (χ3n) is 2.98. The summed E-state index contributed by atoms with van der Waals surface area (Å²) < 4.78 is 11.2.